The summed E-state index contributed by atoms with van der Waals surface area (Å²) in [6, 6.07) is 14.6. The lowest BCUT2D eigenvalue weighted by atomic mass is 10.2. The van der Waals surface area contributed by atoms with Crippen LogP contribution in [0.15, 0.2) is 60.8 Å². The van der Waals surface area contributed by atoms with Crippen molar-refractivity contribution >= 4 is 23.1 Å². The number of aromatic nitrogens is 2. The van der Waals surface area contributed by atoms with Crippen molar-refractivity contribution in [1.29, 1.82) is 0 Å². The molecular formula is C20H19F2N5. The quantitative estimate of drug-likeness (QED) is 0.759. The van der Waals surface area contributed by atoms with E-state index >= 15 is 0 Å². The first-order valence-electron chi connectivity index (χ1n) is 8.78. The molecule has 0 saturated carbocycles. The molecule has 1 aromatic heterocycles. The van der Waals surface area contributed by atoms with Crippen LogP contribution in [0.5, 0.6) is 0 Å². The van der Waals surface area contributed by atoms with Crippen molar-refractivity contribution in [2.45, 2.75) is 0 Å². The van der Waals surface area contributed by atoms with E-state index in [1.807, 2.05) is 6.07 Å². The average molecular weight is 367 g/mol. The molecule has 0 bridgehead atoms. The van der Waals surface area contributed by atoms with Crippen LogP contribution in [0.3, 0.4) is 0 Å². The lowest BCUT2D eigenvalue weighted by Gasteiger charge is -2.36. The third-order valence-electron chi connectivity index (χ3n) is 4.52. The molecule has 0 spiro atoms. The molecule has 1 aliphatic rings. The summed E-state index contributed by atoms with van der Waals surface area (Å²) < 4.78 is 26.4. The number of nitrogens with zero attached hydrogens (tertiary/aromatic N) is 4. The highest BCUT2D eigenvalue weighted by molar-refractivity contribution is 5.55. The van der Waals surface area contributed by atoms with Gasteiger partial charge in [0.05, 0.1) is 0 Å². The summed E-state index contributed by atoms with van der Waals surface area (Å²) in [4.78, 5) is 13.2. The standard InChI is InChI=1S/C20H19F2N5/c21-15-4-6-18(7-5-15)26-10-12-27(13-11-26)19-8-9-23-20(25-19)24-17-3-1-2-16(22)14-17/h1-9,14H,10-13H2,(H,23,24,25). The Kier molecular flexibility index (Phi) is 4.82. The Hall–Kier alpha value is -3.22. The van der Waals surface area contributed by atoms with Gasteiger partial charge in [0, 0.05) is 43.8 Å². The van der Waals surface area contributed by atoms with Crippen LogP contribution in [-0.4, -0.2) is 36.1 Å². The van der Waals surface area contributed by atoms with Crippen molar-refractivity contribution in [2.75, 3.05) is 41.3 Å². The second-order valence-corrected chi connectivity index (χ2v) is 6.32. The molecule has 5 nitrogen and oxygen atoms in total. The van der Waals surface area contributed by atoms with E-state index in [0.29, 0.717) is 11.6 Å². The Labute approximate surface area is 156 Å². The highest BCUT2D eigenvalue weighted by Gasteiger charge is 2.19. The molecule has 2 aromatic carbocycles. The molecule has 7 heteroatoms. The van der Waals surface area contributed by atoms with E-state index < -0.39 is 0 Å². The molecular weight excluding hydrogens is 348 g/mol. The summed E-state index contributed by atoms with van der Waals surface area (Å²) in [6.07, 6.45) is 1.69. The minimum atomic E-state index is -0.312. The molecule has 0 atom stereocenters. The van der Waals surface area contributed by atoms with Gasteiger partial charge in [0.15, 0.2) is 0 Å². The van der Waals surface area contributed by atoms with E-state index in [1.165, 1.54) is 24.3 Å². The van der Waals surface area contributed by atoms with Gasteiger partial charge in [-0.3, -0.25) is 0 Å². The van der Waals surface area contributed by atoms with Crippen LogP contribution < -0.4 is 15.1 Å². The van der Waals surface area contributed by atoms with Crippen LogP contribution >= 0.6 is 0 Å². The fourth-order valence-corrected chi connectivity index (χ4v) is 3.13. The van der Waals surface area contributed by atoms with E-state index in [-0.39, 0.29) is 11.6 Å². The number of benzene rings is 2. The van der Waals surface area contributed by atoms with Crippen molar-refractivity contribution in [3.8, 4) is 0 Å². The number of piperazine rings is 1. The highest BCUT2D eigenvalue weighted by Crippen LogP contribution is 2.21. The first-order chi connectivity index (χ1) is 13.2. The van der Waals surface area contributed by atoms with Crippen LogP contribution in [0.1, 0.15) is 0 Å². The number of hydrogen-bond donors (Lipinski definition) is 1. The maximum Gasteiger partial charge on any atom is 0.229 e. The number of anilines is 4. The smallest absolute Gasteiger partial charge is 0.229 e. The molecule has 0 radical (unpaired) electrons. The van der Waals surface area contributed by atoms with Gasteiger partial charge in [-0.25, -0.2) is 13.8 Å². The number of hydrogen-bond acceptors (Lipinski definition) is 5. The average Bonchev–Trinajstić information content (AvgIpc) is 2.69. The number of rotatable bonds is 4. The Morgan fingerprint density at radius 1 is 0.815 bits per heavy atom. The monoisotopic (exact) mass is 367 g/mol. The zero-order valence-corrected chi connectivity index (χ0v) is 14.6. The van der Waals surface area contributed by atoms with E-state index in [1.54, 1.807) is 30.5 Å². The Bertz CT molecular complexity index is 908. The molecule has 138 valence electrons. The molecule has 1 N–H and O–H groups in total. The van der Waals surface area contributed by atoms with Gasteiger partial charge in [-0.2, -0.15) is 4.98 Å². The van der Waals surface area contributed by atoms with Crippen molar-refractivity contribution < 1.29 is 8.78 Å². The summed E-state index contributed by atoms with van der Waals surface area (Å²) in [5.74, 6) is 0.714. The lowest BCUT2D eigenvalue weighted by Crippen LogP contribution is -2.46. The summed E-state index contributed by atoms with van der Waals surface area (Å²) in [6.45, 7) is 3.24. The van der Waals surface area contributed by atoms with Gasteiger partial charge in [0.2, 0.25) is 5.95 Å². The predicted octanol–water partition coefficient (Wildman–Crippen LogP) is 3.83. The molecule has 0 aliphatic carbocycles. The largest absolute Gasteiger partial charge is 0.368 e. The summed E-state index contributed by atoms with van der Waals surface area (Å²) in [7, 11) is 0. The van der Waals surface area contributed by atoms with E-state index in [2.05, 4.69) is 25.1 Å². The van der Waals surface area contributed by atoms with Crippen molar-refractivity contribution in [3.05, 3.63) is 72.4 Å². The van der Waals surface area contributed by atoms with E-state index in [0.717, 1.165) is 37.7 Å². The molecule has 3 aromatic rings. The third kappa shape index (κ3) is 4.13. The fourth-order valence-electron chi connectivity index (χ4n) is 3.13. The fraction of sp³-hybridized carbons (Fsp3) is 0.200. The SMILES string of the molecule is Fc1ccc(N2CCN(c3ccnc(Nc4cccc(F)c4)n3)CC2)cc1. The van der Waals surface area contributed by atoms with Crippen LogP contribution in [0.4, 0.5) is 31.9 Å². The van der Waals surface area contributed by atoms with Gasteiger partial charge in [-0.1, -0.05) is 6.07 Å². The second-order valence-electron chi connectivity index (χ2n) is 6.32. The van der Waals surface area contributed by atoms with Crippen LogP contribution in [0.2, 0.25) is 0 Å². The summed E-state index contributed by atoms with van der Waals surface area (Å²) in [5.41, 5.74) is 1.63. The van der Waals surface area contributed by atoms with Crippen molar-refractivity contribution in [1.82, 2.24) is 9.97 Å². The van der Waals surface area contributed by atoms with E-state index in [4.69, 9.17) is 0 Å². The van der Waals surface area contributed by atoms with Crippen molar-refractivity contribution in [3.63, 3.8) is 0 Å². The maximum absolute atomic E-state index is 13.3. The third-order valence-corrected chi connectivity index (χ3v) is 4.52. The van der Waals surface area contributed by atoms with Gasteiger partial charge in [-0.15, -0.1) is 0 Å². The molecule has 0 amide bonds. The molecule has 0 unspecified atom stereocenters. The summed E-state index contributed by atoms with van der Waals surface area (Å²) >= 11 is 0. The van der Waals surface area contributed by atoms with Gasteiger partial charge in [-0.05, 0) is 48.5 Å². The summed E-state index contributed by atoms with van der Waals surface area (Å²) in [5, 5.41) is 3.03. The van der Waals surface area contributed by atoms with Gasteiger partial charge >= 0.3 is 0 Å². The molecule has 27 heavy (non-hydrogen) atoms. The maximum atomic E-state index is 13.3. The number of nitrogens with one attached hydrogen (secondary N) is 1. The molecule has 4 rings (SSSR count). The lowest BCUT2D eigenvalue weighted by molar-refractivity contribution is 0.624. The molecule has 2 heterocycles. The topological polar surface area (TPSA) is 44.3 Å². The zero-order chi connectivity index (χ0) is 18.6. The van der Waals surface area contributed by atoms with Crippen LogP contribution in [0, 0.1) is 11.6 Å². The minimum Gasteiger partial charge on any atom is -0.368 e. The van der Waals surface area contributed by atoms with Gasteiger partial charge in [0.1, 0.15) is 17.5 Å². The minimum absolute atomic E-state index is 0.225. The van der Waals surface area contributed by atoms with E-state index in [9.17, 15) is 8.78 Å². The molecule has 1 aliphatic heterocycles. The van der Waals surface area contributed by atoms with Gasteiger partial charge in [0.25, 0.3) is 0 Å². The zero-order valence-electron chi connectivity index (χ0n) is 14.6. The first-order valence-corrected chi connectivity index (χ1v) is 8.78. The van der Waals surface area contributed by atoms with Gasteiger partial charge < -0.3 is 15.1 Å². The normalized spacial score (nSPS) is 14.3. The second kappa shape index (κ2) is 7.57. The highest BCUT2D eigenvalue weighted by atomic mass is 19.1. The Morgan fingerprint density at radius 2 is 1.56 bits per heavy atom. The van der Waals surface area contributed by atoms with Crippen molar-refractivity contribution in [2.24, 2.45) is 0 Å². The predicted molar refractivity (Wildman–Crippen MR) is 103 cm³/mol. The molecule has 1 fully saturated rings. The Morgan fingerprint density at radius 3 is 2.30 bits per heavy atom. The van der Waals surface area contributed by atoms with Crippen LogP contribution in [-0.2, 0) is 0 Å². The molecule has 1 saturated heterocycles. The van der Waals surface area contributed by atoms with Crippen LogP contribution in [0.25, 0.3) is 0 Å². The number of halogens is 2. The Balaban J connectivity index is 1.42. The first kappa shape index (κ1) is 17.2.